The maximum absolute atomic E-state index is 12.1. The normalized spacial score (nSPS) is 10.9. The molecule has 2 aromatic carbocycles. The molecule has 2 radical (unpaired) electrons. The third-order valence-corrected chi connectivity index (χ3v) is 2.13. The molecule has 0 bridgehead atoms. The largest absolute Gasteiger partial charge is 0.434 e. The highest BCUT2D eigenvalue weighted by Gasteiger charge is 2.08. The van der Waals surface area contributed by atoms with E-state index in [0.717, 1.165) is 5.39 Å². The lowest BCUT2D eigenvalue weighted by atomic mass is 9.90. The van der Waals surface area contributed by atoms with Crippen LogP contribution in [0.25, 0.3) is 10.8 Å². The minimum absolute atomic E-state index is 0.148. The van der Waals surface area contributed by atoms with E-state index < -0.39 is 6.61 Å². The number of rotatable bonds is 2. The Balaban J connectivity index is 2.61. The van der Waals surface area contributed by atoms with Crippen molar-refractivity contribution in [3.8, 4) is 5.75 Å². The van der Waals surface area contributed by atoms with E-state index in [1.54, 1.807) is 30.3 Å². The average molecular weight is 204 g/mol. The van der Waals surface area contributed by atoms with Crippen LogP contribution >= 0.6 is 0 Å². The van der Waals surface area contributed by atoms with Crippen molar-refractivity contribution in [1.82, 2.24) is 0 Å². The molecule has 2 aromatic rings. The Morgan fingerprint density at radius 2 is 1.67 bits per heavy atom. The van der Waals surface area contributed by atoms with Crippen molar-refractivity contribution in [2.45, 2.75) is 6.61 Å². The molecule has 0 spiro atoms. The van der Waals surface area contributed by atoms with Crippen LogP contribution in [0.5, 0.6) is 5.75 Å². The van der Waals surface area contributed by atoms with Crippen LogP contribution in [0.4, 0.5) is 8.78 Å². The third-order valence-electron chi connectivity index (χ3n) is 2.13. The fourth-order valence-electron chi connectivity index (χ4n) is 1.50. The second-order valence-electron chi connectivity index (χ2n) is 3.08. The van der Waals surface area contributed by atoms with Gasteiger partial charge in [-0.3, -0.25) is 0 Å². The number of ether oxygens (including phenoxy) is 1. The first kappa shape index (κ1) is 9.96. The molecule has 15 heavy (non-hydrogen) atoms. The predicted octanol–water partition coefficient (Wildman–Crippen LogP) is 2.24. The molecule has 0 heterocycles. The van der Waals surface area contributed by atoms with Crippen LogP contribution in [-0.2, 0) is 0 Å². The molecule has 0 aliphatic rings. The molecule has 74 valence electrons. The molecule has 1 nitrogen and oxygen atoms in total. The van der Waals surface area contributed by atoms with E-state index in [1.165, 1.54) is 6.07 Å². The number of benzene rings is 2. The number of fused-ring (bicyclic) bond motifs is 1. The molecule has 2 rings (SSSR count). The SMILES string of the molecule is [B]c1cccc2c(OC(F)F)cccc12. The van der Waals surface area contributed by atoms with E-state index in [4.69, 9.17) is 7.85 Å². The van der Waals surface area contributed by atoms with Gasteiger partial charge in [0.1, 0.15) is 13.6 Å². The summed E-state index contributed by atoms with van der Waals surface area (Å²) in [4.78, 5) is 0. The molecule has 0 fully saturated rings. The topological polar surface area (TPSA) is 9.23 Å². The Morgan fingerprint density at radius 3 is 2.40 bits per heavy atom. The first-order valence-electron chi connectivity index (χ1n) is 4.40. The molecular weight excluding hydrogens is 197 g/mol. The second-order valence-corrected chi connectivity index (χ2v) is 3.08. The summed E-state index contributed by atoms with van der Waals surface area (Å²) in [6.07, 6.45) is 0. The summed E-state index contributed by atoms with van der Waals surface area (Å²) >= 11 is 0. The molecule has 4 heteroatoms. The zero-order valence-corrected chi connectivity index (χ0v) is 7.78. The van der Waals surface area contributed by atoms with Gasteiger partial charge in [-0.05, 0) is 11.5 Å². The standard InChI is InChI=1S/C11H7BF2O/c12-9-5-1-4-8-7(9)3-2-6-10(8)15-11(13)14/h1-6,11H. The molecule has 0 saturated heterocycles. The molecule has 0 N–H and O–H groups in total. The molecular formula is C11H7BF2O. The fraction of sp³-hybridized carbons (Fsp3) is 0.0909. The first-order valence-corrected chi connectivity index (χ1v) is 4.40. The lowest BCUT2D eigenvalue weighted by molar-refractivity contribution is -0.0487. The van der Waals surface area contributed by atoms with Crippen molar-refractivity contribution in [2.24, 2.45) is 0 Å². The summed E-state index contributed by atoms with van der Waals surface area (Å²) in [6.45, 7) is -2.82. The Bertz CT molecular complexity index is 485. The Labute approximate surface area is 87.1 Å². The summed E-state index contributed by atoms with van der Waals surface area (Å²) in [6, 6.07) is 10.0. The highest BCUT2D eigenvalue weighted by atomic mass is 19.3. The van der Waals surface area contributed by atoms with Crippen LogP contribution in [-0.4, -0.2) is 14.5 Å². The van der Waals surface area contributed by atoms with Gasteiger partial charge in [-0.15, -0.1) is 0 Å². The maximum Gasteiger partial charge on any atom is 0.387 e. The first-order chi connectivity index (χ1) is 7.18. The van der Waals surface area contributed by atoms with Crippen molar-refractivity contribution >= 4 is 24.1 Å². The van der Waals surface area contributed by atoms with Gasteiger partial charge in [-0.1, -0.05) is 35.8 Å². The Morgan fingerprint density at radius 1 is 1.00 bits per heavy atom. The second kappa shape index (κ2) is 3.89. The zero-order chi connectivity index (χ0) is 10.8. The monoisotopic (exact) mass is 204 g/mol. The van der Waals surface area contributed by atoms with E-state index in [1.807, 2.05) is 0 Å². The molecule has 0 unspecified atom stereocenters. The summed E-state index contributed by atoms with van der Waals surface area (Å²) in [5, 5.41) is 1.31. The summed E-state index contributed by atoms with van der Waals surface area (Å²) in [5.41, 5.74) is 0.548. The van der Waals surface area contributed by atoms with Gasteiger partial charge in [0.05, 0.1) is 0 Å². The van der Waals surface area contributed by atoms with Crippen LogP contribution < -0.4 is 10.2 Å². The number of hydrogen-bond donors (Lipinski definition) is 0. The van der Waals surface area contributed by atoms with Gasteiger partial charge in [0.2, 0.25) is 0 Å². The molecule has 0 aliphatic heterocycles. The smallest absolute Gasteiger partial charge is 0.387 e. The van der Waals surface area contributed by atoms with Gasteiger partial charge < -0.3 is 4.74 Å². The summed E-state index contributed by atoms with van der Waals surface area (Å²) < 4.78 is 28.6. The molecule has 0 atom stereocenters. The van der Waals surface area contributed by atoms with Crippen molar-refractivity contribution in [1.29, 1.82) is 0 Å². The Kier molecular flexibility index (Phi) is 2.58. The fourth-order valence-corrected chi connectivity index (χ4v) is 1.50. The van der Waals surface area contributed by atoms with Crippen molar-refractivity contribution in [2.75, 3.05) is 0 Å². The Hall–Kier alpha value is -1.58. The van der Waals surface area contributed by atoms with Gasteiger partial charge in [0, 0.05) is 5.39 Å². The number of halogens is 2. The van der Waals surface area contributed by atoms with Crippen LogP contribution in [0, 0.1) is 0 Å². The summed E-state index contributed by atoms with van der Waals surface area (Å²) in [5.74, 6) is 0.148. The number of hydrogen-bond acceptors (Lipinski definition) is 1. The quantitative estimate of drug-likeness (QED) is 0.681. The average Bonchev–Trinajstić information content (AvgIpc) is 2.19. The van der Waals surface area contributed by atoms with Crippen molar-refractivity contribution in [3.63, 3.8) is 0 Å². The highest BCUT2D eigenvalue weighted by molar-refractivity contribution is 6.38. The molecule has 0 aromatic heterocycles. The van der Waals surface area contributed by atoms with Crippen LogP contribution in [0.2, 0.25) is 0 Å². The maximum atomic E-state index is 12.1. The molecule has 0 amide bonds. The van der Waals surface area contributed by atoms with E-state index in [9.17, 15) is 8.78 Å². The predicted molar refractivity (Wildman–Crippen MR) is 56.0 cm³/mol. The van der Waals surface area contributed by atoms with E-state index in [0.29, 0.717) is 10.8 Å². The molecule has 0 saturated carbocycles. The van der Waals surface area contributed by atoms with Gasteiger partial charge >= 0.3 is 6.61 Å². The van der Waals surface area contributed by atoms with E-state index in [-0.39, 0.29) is 5.75 Å². The zero-order valence-electron chi connectivity index (χ0n) is 7.78. The molecule has 0 aliphatic carbocycles. The third kappa shape index (κ3) is 1.93. The van der Waals surface area contributed by atoms with Gasteiger partial charge in [-0.25, -0.2) is 0 Å². The summed E-state index contributed by atoms with van der Waals surface area (Å²) in [7, 11) is 5.71. The lowest BCUT2D eigenvalue weighted by Gasteiger charge is -2.09. The van der Waals surface area contributed by atoms with Crippen molar-refractivity contribution in [3.05, 3.63) is 36.4 Å². The minimum Gasteiger partial charge on any atom is -0.434 e. The van der Waals surface area contributed by atoms with Crippen LogP contribution in [0.3, 0.4) is 0 Å². The van der Waals surface area contributed by atoms with Gasteiger partial charge in [0.25, 0.3) is 0 Å². The minimum atomic E-state index is -2.82. The van der Waals surface area contributed by atoms with E-state index in [2.05, 4.69) is 4.74 Å². The lowest BCUT2D eigenvalue weighted by Crippen LogP contribution is -2.06. The van der Waals surface area contributed by atoms with Crippen molar-refractivity contribution < 1.29 is 13.5 Å². The van der Waals surface area contributed by atoms with Gasteiger partial charge in [0.15, 0.2) is 0 Å². The van der Waals surface area contributed by atoms with Crippen LogP contribution in [0.15, 0.2) is 36.4 Å². The van der Waals surface area contributed by atoms with Crippen LogP contribution in [0.1, 0.15) is 0 Å². The van der Waals surface area contributed by atoms with E-state index >= 15 is 0 Å². The highest BCUT2D eigenvalue weighted by Crippen LogP contribution is 2.25. The number of alkyl halides is 2. The van der Waals surface area contributed by atoms with Gasteiger partial charge in [-0.2, -0.15) is 8.78 Å².